The Bertz CT molecular complexity index is 442. The van der Waals surface area contributed by atoms with Gasteiger partial charge in [-0.05, 0) is 55.8 Å². The number of hydrogen-bond donors (Lipinski definition) is 2. The van der Waals surface area contributed by atoms with E-state index in [0.717, 1.165) is 31.5 Å². The van der Waals surface area contributed by atoms with Crippen LogP contribution in [0.25, 0.3) is 0 Å². The number of benzene rings is 1. The third-order valence-electron chi connectivity index (χ3n) is 4.43. The summed E-state index contributed by atoms with van der Waals surface area (Å²) in [6.45, 7) is 2.18. The predicted octanol–water partition coefficient (Wildman–Crippen LogP) is 2.27. The largest absolute Gasteiger partial charge is 0.481 e. The summed E-state index contributed by atoms with van der Waals surface area (Å²) in [6.07, 6.45) is 3.94. The third-order valence-corrected chi connectivity index (χ3v) is 4.43. The van der Waals surface area contributed by atoms with Crippen LogP contribution < -0.4 is 5.32 Å². The molecule has 1 saturated carbocycles. The Morgan fingerprint density at radius 3 is 2.28 bits per heavy atom. The van der Waals surface area contributed by atoms with Crippen molar-refractivity contribution >= 4 is 5.97 Å². The summed E-state index contributed by atoms with van der Waals surface area (Å²) in [5.41, 5.74) is 1.78. The minimum absolute atomic E-state index is 0.563. The first kappa shape index (κ1) is 11.7. The molecule has 3 heteroatoms. The van der Waals surface area contributed by atoms with Crippen LogP contribution in [0.15, 0.2) is 24.3 Å². The predicted molar refractivity (Wildman–Crippen MR) is 69.8 cm³/mol. The van der Waals surface area contributed by atoms with Crippen LogP contribution in [0.1, 0.15) is 42.7 Å². The van der Waals surface area contributed by atoms with E-state index in [0.29, 0.717) is 5.92 Å². The van der Waals surface area contributed by atoms with Gasteiger partial charge in [-0.1, -0.05) is 24.3 Å². The monoisotopic (exact) mass is 245 g/mol. The highest BCUT2D eigenvalue weighted by molar-refractivity contribution is 5.84. The fraction of sp³-hybridized carbons (Fsp3) is 0.533. The maximum Gasteiger partial charge on any atom is 0.314 e. The van der Waals surface area contributed by atoms with Crippen LogP contribution in [-0.2, 0) is 10.2 Å². The van der Waals surface area contributed by atoms with Crippen LogP contribution in [0.4, 0.5) is 0 Å². The minimum atomic E-state index is -0.669. The minimum Gasteiger partial charge on any atom is -0.481 e. The van der Waals surface area contributed by atoms with E-state index in [-0.39, 0.29) is 0 Å². The first-order valence-electron chi connectivity index (χ1n) is 6.77. The van der Waals surface area contributed by atoms with Crippen molar-refractivity contribution in [1.82, 2.24) is 5.32 Å². The fourth-order valence-corrected chi connectivity index (χ4v) is 2.98. The molecule has 2 aliphatic rings. The zero-order valence-corrected chi connectivity index (χ0v) is 10.5. The topological polar surface area (TPSA) is 49.3 Å². The van der Waals surface area contributed by atoms with E-state index >= 15 is 0 Å². The Hall–Kier alpha value is -1.35. The van der Waals surface area contributed by atoms with Gasteiger partial charge < -0.3 is 10.4 Å². The van der Waals surface area contributed by atoms with Crippen molar-refractivity contribution in [3.8, 4) is 0 Å². The van der Waals surface area contributed by atoms with Crippen LogP contribution in [-0.4, -0.2) is 24.2 Å². The van der Waals surface area contributed by atoms with Gasteiger partial charge in [0.25, 0.3) is 0 Å². The molecule has 0 amide bonds. The molecule has 18 heavy (non-hydrogen) atoms. The number of rotatable bonds is 3. The van der Waals surface area contributed by atoms with Crippen LogP contribution in [0.3, 0.4) is 0 Å². The van der Waals surface area contributed by atoms with Gasteiger partial charge >= 0.3 is 5.97 Å². The summed E-state index contributed by atoms with van der Waals surface area (Å²) >= 11 is 0. The van der Waals surface area contributed by atoms with Crippen molar-refractivity contribution in [2.24, 2.45) is 0 Å². The Balaban J connectivity index is 1.79. The van der Waals surface area contributed by atoms with Crippen LogP contribution in [0.5, 0.6) is 0 Å². The molecule has 2 N–H and O–H groups in total. The second-order valence-electron chi connectivity index (χ2n) is 5.53. The van der Waals surface area contributed by atoms with Gasteiger partial charge in [-0.3, -0.25) is 4.79 Å². The first-order valence-corrected chi connectivity index (χ1v) is 6.77. The van der Waals surface area contributed by atoms with Gasteiger partial charge in [-0.15, -0.1) is 0 Å². The van der Waals surface area contributed by atoms with Gasteiger partial charge in [0.1, 0.15) is 0 Å². The molecule has 0 atom stereocenters. The summed E-state index contributed by atoms with van der Waals surface area (Å²) in [6, 6.07) is 8.32. The molecule has 1 aromatic carbocycles. The van der Waals surface area contributed by atoms with Crippen molar-refractivity contribution in [3.63, 3.8) is 0 Å². The molecule has 1 aromatic rings. The van der Waals surface area contributed by atoms with E-state index in [2.05, 4.69) is 17.4 Å². The second kappa shape index (κ2) is 4.39. The molecule has 0 unspecified atom stereocenters. The van der Waals surface area contributed by atoms with Crippen LogP contribution in [0.2, 0.25) is 0 Å². The van der Waals surface area contributed by atoms with E-state index in [1.165, 1.54) is 18.4 Å². The molecule has 3 rings (SSSR count). The highest BCUT2D eigenvalue weighted by atomic mass is 16.4. The summed E-state index contributed by atoms with van der Waals surface area (Å²) in [5, 5.41) is 12.6. The molecule has 1 aliphatic carbocycles. The van der Waals surface area contributed by atoms with Crippen LogP contribution >= 0.6 is 0 Å². The Morgan fingerprint density at radius 2 is 1.78 bits per heavy atom. The van der Waals surface area contributed by atoms with E-state index in [1.54, 1.807) is 0 Å². The Labute approximate surface area is 107 Å². The lowest BCUT2D eigenvalue weighted by Gasteiger charge is -2.23. The van der Waals surface area contributed by atoms with Crippen molar-refractivity contribution in [3.05, 3.63) is 35.4 Å². The zero-order chi connectivity index (χ0) is 12.6. The lowest BCUT2D eigenvalue weighted by molar-refractivity contribution is -0.140. The lowest BCUT2D eigenvalue weighted by atomic mass is 9.87. The van der Waals surface area contributed by atoms with Crippen molar-refractivity contribution in [2.75, 3.05) is 13.1 Å². The molecule has 1 aliphatic heterocycles. The standard InChI is InChI=1S/C15H19NO2/c17-14(18)15(7-8-15)13-3-1-11(2-4-13)12-5-9-16-10-6-12/h1-4,12,16H,5-10H2,(H,17,18). The Morgan fingerprint density at radius 1 is 1.17 bits per heavy atom. The van der Waals surface area contributed by atoms with Crippen molar-refractivity contribution in [2.45, 2.75) is 37.0 Å². The molecule has 2 fully saturated rings. The lowest BCUT2D eigenvalue weighted by Crippen LogP contribution is -2.26. The molecule has 0 bridgehead atoms. The number of hydrogen-bond acceptors (Lipinski definition) is 2. The number of carboxylic acid groups (broad SMARTS) is 1. The molecule has 0 aromatic heterocycles. The molecule has 1 heterocycles. The quantitative estimate of drug-likeness (QED) is 0.859. The molecule has 1 saturated heterocycles. The molecule has 0 spiro atoms. The highest BCUT2D eigenvalue weighted by Gasteiger charge is 2.51. The maximum absolute atomic E-state index is 11.3. The molecular weight excluding hydrogens is 226 g/mol. The summed E-state index contributed by atoms with van der Waals surface area (Å²) < 4.78 is 0. The number of piperidine rings is 1. The van der Waals surface area contributed by atoms with E-state index < -0.39 is 11.4 Å². The maximum atomic E-state index is 11.3. The second-order valence-corrected chi connectivity index (χ2v) is 5.53. The molecule has 96 valence electrons. The van der Waals surface area contributed by atoms with Crippen LogP contribution in [0, 0.1) is 0 Å². The molecule has 3 nitrogen and oxygen atoms in total. The van der Waals surface area contributed by atoms with E-state index in [4.69, 9.17) is 0 Å². The van der Waals surface area contributed by atoms with Gasteiger partial charge in [-0.2, -0.15) is 0 Å². The average Bonchev–Trinajstić information content (AvgIpc) is 3.22. The number of carbonyl (C=O) groups is 1. The number of nitrogens with one attached hydrogen (secondary N) is 1. The zero-order valence-electron chi connectivity index (χ0n) is 10.5. The van der Waals surface area contributed by atoms with E-state index in [1.807, 2.05) is 12.1 Å². The molecule has 0 radical (unpaired) electrons. The normalized spacial score (nSPS) is 22.7. The number of aliphatic carboxylic acids is 1. The average molecular weight is 245 g/mol. The van der Waals surface area contributed by atoms with Crippen molar-refractivity contribution in [1.29, 1.82) is 0 Å². The smallest absolute Gasteiger partial charge is 0.314 e. The SMILES string of the molecule is O=C(O)C1(c2ccc(C3CCNCC3)cc2)CC1. The third kappa shape index (κ3) is 1.93. The first-order chi connectivity index (χ1) is 8.72. The Kier molecular flexibility index (Phi) is 2.86. The van der Waals surface area contributed by atoms with Gasteiger partial charge in [0.2, 0.25) is 0 Å². The van der Waals surface area contributed by atoms with Gasteiger partial charge in [0.15, 0.2) is 0 Å². The summed E-state index contributed by atoms with van der Waals surface area (Å²) in [4.78, 5) is 11.3. The van der Waals surface area contributed by atoms with E-state index in [9.17, 15) is 9.90 Å². The summed E-state index contributed by atoms with van der Waals surface area (Å²) in [5.74, 6) is -0.0302. The molecular formula is C15H19NO2. The van der Waals surface area contributed by atoms with Gasteiger partial charge in [0.05, 0.1) is 5.41 Å². The highest BCUT2D eigenvalue weighted by Crippen LogP contribution is 2.48. The fourth-order valence-electron chi connectivity index (χ4n) is 2.98. The summed E-state index contributed by atoms with van der Waals surface area (Å²) in [7, 11) is 0. The van der Waals surface area contributed by atoms with Gasteiger partial charge in [0, 0.05) is 0 Å². The van der Waals surface area contributed by atoms with Crippen molar-refractivity contribution < 1.29 is 9.90 Å². The van der Waals surface area contributed by atoms with Gasteiger partial charge in [-0.25, -0.2) is 0 Å². The number of carboxylic acids is 1.